The molecule has 0 radical (unpaired) electrons. The van der Waals surface area contributed by atoms with E-state index < -0.39 is 71.9 Å². The first kappa shape index (κ1) is 38.9. The Hall–Kier alpha value is -3.92. The molecule has 3 heterocycles. The molecule has 50 heavy (non-hydrogen) atoms. The van der Waals surface area contributed by atoms with Crippen LogP contribution >= 0.6 is 7.82 Å². The second-order valence-electron chi connectivity index (χ2n) is 14.1. The van der Waals surface area contributed by atoms with Crippen LogP contribution in [-0.2, 0) is 21.0 Å². The number of anilines is 3. The number of rotatable bonds is 6. The van der Waals surface area contributed by atoms with Crippen LogP contribution in [0, 0.1) is 31.6 Å². The van der Waals surface area contributed by atoms with E-state index in [1.54, 1.807) is 41.5 Å². The van der Waals surface area contributed by atoms with Gasteiger partial charge in [-0.15, -0.1) is 13.2 Å². The largest absolute Gasteiger partial charge is 0.573 e. The first-order chi connectivity index (χ1) is 22.5. The number of hydrogen-bond acceptors (Lipinski definition) is 7. The predicted octanol–water partition coefficient (Wildman–Crippen LogP) is 7.70. The Kier molecular flexibility index (Phi) is 9.63. The molecule has 0 aliphatic carbocycles. The fourth-order valence-corrected chi connectivity index (χ4v) is 7.63. The molecule has 0 saturated heterocycles. The minimum Gasteiger partial charge on any atom is -0.406 e. The molecule has 274 valence electrons. The van der Waals surface area contributed by atoms with Crippen LogP contribution in [0.4, 0.5) is 43.5 Å². The van der Waals surface area contributed by atoms with Gasteiger partial charge >= 0.3 is 20.4 Å². The van der Waals surface area contributed by atoms with Crippen LogP contribution in [0.3, 0.4) is 0 Å². The van der Waals surface area contributed by atoms with Crippen LogP contribution < -0.4 is 20.1 Å². The van der Waals surface area contributed by atoms with Gasteiger partial charge in [-0.3, -0.25) is 23.6 Å². The molecule has 1 aliphatic rings. The Labute approximate surface area is 283 Å². The number of phosphoric ester groups is 1. The van der Waals surface area contributed by atoms with Crippen molar-refractivity contribution in [3.63, 3.8) is 0 Å². The average molecular weight is 735 g/mol. The molecular weight excluding hydrogens is 697 g/mol. The van der Waals surface area contributed by atoms with Crippen LogP contribution in [0.2, 0.25) is 0 Å². The van der Waals surface area contributed by atoms with Crippen molar-refractivity contribution < 1.29 is 54.7 Å². The van der Waals surface area contributed by atoms with Gasteiger partial charge in [-0.1, -0.05) is 41.5 Å². The fourth-order valence-electron chi connectivity index (χ4n) is 6.66. The van der Waals surface area contributed by atoms with Crippen molar-refractivity contribution in [1.29, 1.82) is 0 Å². The molecule has 3 aromatic rings. The Morgan fingerprint density at radius 1 is 0.820 bits per heavy atom. The van der Waals surface area contributed by atoms with E-state index in [0.29, 0.717) is 12.3 Å². The number of fused-ring (bicyclic) bond motifs is 1. The highest BCUT2D eigenvalue weighted by atomic mass is 31.2. The van der Waals surface area contributed by atoms with Gasteiger partial charge in [0.1, 0.15) is 18.2 Å². The van der Waals surface area contributed by atoms with Crippen LogP contribution in [0.15, 0.2) is 41.3 Å². The quantitative estimate of drug-likeness (QED) is 0.193. The minimum atomic E-state index is -5.34. The smallest absolute Gasteiger partial charge is 0.406 e. The number of ether oxygens (including phenoxy) is 1. The lowest BCUT2D eigenvalue weighted by Gasteiger charge is -2.54. The summed E-state index contributed by atoms with van der Waals surface area (Å²) in [6, 6.07) is 5.20. The van der Waals surface area contributed by atoms with Gasteiger partial charge in [0.2, 0.25) is 0 Å². The van der Waals surface area contributed by atoms with Gasteiger partial charge < -0.3 is 19.4 Å². The zero-order valence-electron chi connectivity index (χ0n) is 28.6. The normalized spacial score (nSPS) is 15.0. The van der Waals surface area contributed by atoms with Gasteiger partial charge in [0.25, 0.3) is 11.5 Å². The van der Waals surface area contributed by atoms with Crippen molar-refractivity contribution in [2.75, 3.05) is 16.5 Å². The summed E-state index contributed by atoms with van der Waals surface area (Å²) in [5.41, 5.74) is -6.73. The molecule has 0 bridgehead atoms. The van der Waals surface area contributed by atoms with Gasteiger partial charge in [0, 0.05) is 34.0 Å². The summed E-state index contributed by atoms with van der Waals surface area (Å²) in [5.74, 6) is -1.75. The van der Waals surface area contributed by atoms with E-state index in [1.807, 2.05) is 0 Å². The summed E-state index contributed by atoms with van der Waals surface area (Å²) < 4.78 is 104. The van der Waals surface area contributed by atoms with Gasteiger partial charge in [-0.05, 0) is 56.7 Å². The average Bonchev–Trinajstić information content (AvgIpc) is 2.92. The maximum Gasteiger partial charge on any atom is 0.573 e. The van der Waals surface area contributed by atoms with Crippen LogP contribution in [-0.4, -0.2) is 38.3 Å². The maximum absolute atomic E-state index is 14.2. The Bertz CT molecular complexity index is 1930. The number of nitrogens with zero attached hydrogens (tertiary/aromatic N) is 4. The Balaban J connectivity index is 2.06. The monoisotopic (exact) mass is 734 g/mol. The molecular formula is C32H37F6N4O7P. The molecule has 0 fully saturated rings. The van der Waals surface area contributed by atoms with E-state index in [2.05, 4.69) is 9.72 Å². The first-order valence-corrected chi connectivity index (χ1v) is 16.6. The summed E-state index contributed by atoms with van der Waals surface area (Å²) in [4.78, 5) is 54.9. The summed E-state index contributed by atoms with van der Waals surface area (Å²) in [5, 5.41) is 0. The number of alkyl halides is 6. The van der Waals surface area contributed by atoms with Crippen molar-refractivity contribution in [2.45, 2.75) is 80.6 Å². The molecule has 0 saturated carbocycles. The van der Waals surface area contributed by atoms with Crippen molar-refractivity contribution in [3.05, 3.63) is 74.8 Å². The van der Waals surface area contributed by atoms with Crippen molar-refractivity contribution in [1.82, 2.24) is 9.55 Å². The van der Waals surface area contributed by atoms with Crippen LogP contribution in [0.1, 0.15) is 74.3 Å². The molecule has 4 rings (SSSR count). The SMILES string of the molecule is Cc1cc(OC(F)(F)F)ccc1N1CN(c2cc(C)c(=O)n(C(OP(=O)(O)O)(C(C)(C)C)C(C)(C)C)c2C)C(=O)c2cc(C(F)(F)F)cnc21. The minimum absolute atomic E-state index is 0.00469. The third-order valence-corrected chi connectivity index (χ3v) is 8.89. The number of pyridine rings is 2. The van der Waals surface area contributed by atoms with Crippen LogP contribution in [0.25, 0.3) is 0 Å². The number of halogens is 6. The van der Waals surface area contributed by atoms with Crippen molar-refractivity contribution >= 4 is 30.9 Å². The highest BCUT2D eigenvalue weighted by Crippen LogP contribution is 2.58. The lowest BCUT2D eigenvalue weighted by Crippen LogP contribution is -2.60. The molecule has 11 nitrogen and oxygen atoms in total. The van der Waals surface area contributed by atoms with E-state index >= 15 is 0 Å². The molecule has 1 amide bonds. The highest BCUT2D eigenvalue weighted by molar-refractivity contribution is 7.46. The highest BCUT2D eigenvalue weighted by Gasteiger charge is 2.58. The van der Waals surface area contributed by atoms with Gasteiger partial charge in [-0.25, -0.2) is 9.55 Å². The van der Waals surface area contributed by atoms with Crippen molar-refractivity contribution in [2.24, 2.45) is 10.8 Å². The molecule has 2 N–H and O–H groups in total. The van der Waals surface area contributed by atoms with E-state index in [1.165, 1.54) is 37.8 Å². The number of amides is 1. The number of carbonyl (C=O) groups is 1. The lowest BCUT2D eigenvalue weighted by molar-refractivity contribution is -0.274. The number of benzene rings is 1. The third-order valence-electron chi connectivity index (χ3n) is 8.39. The second-order valence-corrected chi connectivity index (χ2v) is 15.2. The summed E-state index contributed by atoms with van der Waals surface area (Å²) in [6.45, 7) is 13.4. The molecule has 18 heteroatoms. The number of phosphoric acid groups is 1. The maximum atomic E-state index is 14.2. The summed E-state index contributed by atoms with van der Waals surface area (Å²) >= 11 is 0. The molecule has 1 aromatic carbocycles. The van der Waals surface area contributed by atoms with E-state index in [4.69, 9.17) is 4.52 Å². The number of carbonyl (C=O) groups excluding carboxylic acids is 1. The number of hydrogen-bond donors (Lipinski definition) is 2. The van der Waals surface area contributed by atoms with Gasteiger partial charge in [0.15, 0.2) is 5.72 Å². The number of aryl methyl sites for hydroxylation is 2. The first-order valence-electron chi connectivity index (χ1n) is 15.0. The molecule has 0 spiro atoms. The molecule has 0 unspecified atom stereocenters. The summed E-state index contributed by atoms with van der Waals surface area (Å²) in [6.07, 6.45) is -9.37. The van der Waals surface area contributed by atoms with E-state index in [9.17, 15) is 50.3 Å². The zero-order chi connectivity index (χ0) is 38.2. The molecule has 2 aromatic heterocycles. The van der Waals surface area contributed by atoms with E-state index in [-0.39, 0.29) is 34.0 Å². The standard InChI is InChI=1S/C32H37F6N4O7P/c1-17-12-21(48-32(36,37)38)10-11-23(17)40-16-41(27(44)22-14-20(30(33,34)35)15-39-25(22)40)24-13-18(2)26(43)42(19(24)3)31(28(4,5)6,29(7,8)9)49-50(45,46)47/h10-15H,16H2,1-9H3,(H2,45,46,47). The summed E-state index contributed by atoms with van der Waals surface area (Å²) in [7, 11) is -5.34. The molecule has 1 aliphatic heterocycles. The van der Waals surface area contributed by atoms with E-state index in [0.717, 1.165) is 21.6 Å². The fraction of sp³-hybridized carbons (Fsp3) is 0.469. The second kappa shape index (κ2) is 12.4. The van der Waals surface area contributed by atoms with Gasteiger partial charge in [0.05, 0.1) is 16.8 Å². The zero-order valence-corrected chi connectivity index (χ0v) is 29.5. The van der Waals surface area contributed by atoms with Gasteiger partial charge in [-0.2, -0.15) is 13.2 Å². The third kappa shape index (κ3) is 7.13. The lowest BCUT2D eigenvalue weighted by atomic mass is 9.67. The number of aromatic nitrogens is 2. The Morgan fingerprint density at radius 3 is 1.88 bits per heavy atom. The van der Waals surface area contributed by atoms with Crippen molar-refractivity contribution in [3.8, 4) is 5.75 Å². The molecule has 0 atom stereocenters. The topological polar surface area (TPSA) is 134 Å². The van der Waals surface area contributed by atoms with Crippen LogP contribution in [0.5, 0.6) is 5.75 Å². The predicted molar refractivity (Wildman–Crippen MR) is 171 cm³/mol. The Morgan fingerprint density at radius 2 is 1.40 bits per heavy atom.